The minimum atomic E-state index is 0.113. The van der Waals surface area contributed by atoms with Crippen LogP contribution in [-0.4, -0.2) is 11.5 Å². The van der Waals surface area contributed by atoms with Gasteiger partial charge >= 0.3 is 0 Å². The normalized spacial score (nSPS) is 36.6. The summed E-state index contributed by atoms with van der Waals surface area (Å²) in [6.45, 7) is 0. The molecular weight excluding hydrogens is 398 g/mol. The highest BCUT2D eigenvalue weighted by atomic mass is 79.9. The number of nitrogens with zero attached hydrogens (tertiary/aromatic N) is 1. The number of rotatable bonds is 2. The fourth-order valence-corrected chi connectivity index (χ4v) is 7.71. The lowest BCUT2D eigenvalue weighted by Crippen LogP contribution is -2.50. The maximum Gasteiger partial charge on any atom is 0.193 e. The van der Waals surface area contributed by atoms with Gasteiger partial charge in [0.2, 0.25) is 0 Å². The quantitative estimate of drug-likeness (QED) is 0.379. The number of anilines is 1. The SMILES string of the molecule is NC(=NC12CC3CC(CC(C3)C1)C2)Nc1ccc2c3c(cccc13)C(Br)C2. The maximum absolute atomic E-state index is 6.47. The van der Waals surface area contributed by atoms with Crippen LogP contribution in [0.5, 0.6) is 0 Å². The summed E-state index contributed by atoms with van der Waals surface area (Å²) in [6, 6.07) is 11.0. The molecule has 0 aliphatic heterocycles. The third-order valence-electron chi connectivity index (χ3n) is 7.52. The van der Waals surface area contributed by atoms with E-state index in [-0.39, 0.29) is 5.54 Å². The first-order valence-corrected chi connectivity index (χ1v) is 11.3. The number of nitrogens with one attached hydrogen (secondary N) is 1. The van der Waals surface area contributed by atoms with Crippen molar-refractivity contribution in [3.63, 3.8) is 0 Å². The van der Waals surface area contributed by atoms with E-state index >= 15 is 0 Å². The maximum atomic E-state index is 6.47. The molecule has 0 aromatic heterocycles. The number of alkyl halides is 1. The van der Waals surface area contributed by atoms with Gasteiger partial charge in [-0.3, -0.25) is 0 Å². The van der Waals surface area contributed by atoms with Crippen molar-refractivity contribution >= 4 is 38.3 Å². The van der Waals surface area contributed by atoms with Crippen LogP contribution >= 0.6 is 15.9 Å². The Hall–Kier alpha value is -1.55. The summed E-state index contributed by atoms with van der Waals surface area (Å²) < 4.78 is 0. The Balaban J connectivity index is 1.34. The topological polar surface area (TPSA) is 50.4 Å². The van der Waals surface area contributed by atoms with Gasteiger partial charge in [0.25, 0.3) is 0 Å². The molecule has 5 aliphatic rings. The van der Waals surface area contributed by atoms with Crippen LogP contribution in [0.1, 0.15) is 54.5 Å². The highest BCUT2D eigenvalue weighted by molar-refractivity contribution is 9.09. The Kier molecular flexibility index (Phi) is 3.48. The number of hydrogen-bond donors (Lipinski definition) is 2. The van der Waals surface area contributed by atoms with Gasteiger partial charge < -0.3 is 11.1 Å². The summed E-state index contributed by atoms with van der Waals surface area (Å²) in [5.74, 6) is 3.27. The van der Waals surface area contributed by atoms with Gasteiger partial charge in [-0.1, -0.05) is 40.2 Å². The predicted octanol–water partition coefficient (Wildman–Crippen LogP) is 5.53. The lowest BCUT2D eigenvalue weighted by molar-refractivity contribution is 0.00164. The second-order valence-corrected chi connectivity index (χ2v) is 10.6. The van der Waals surface area contributed by atoms with Gasteiger partial charge in [-0.05, 0) is 85.3 Å². The smallest absolute Gasteiger partial charge is 0.193 e. The van der Waals surface area contributed by atoms with E-state index in [9.17, 15) is 0 Å². The monoisotopic (exact) mass is 423 g/mol. The van der Waals surface area contributed by atoms with E-state index in [1.54, 1.807) is 0 Å². The van der Waals surface area contributed by atoms with Crippen molar-refractivity contribution < 1.29 is 0 Å². The minimum absolute atomic E-state index is 0.113. The van der Waals surface area contributed by atoms with Crippen LogP contribution in [0.3, 0.4) is 0 Å². The van der Waals surface area contributed by atoms with Crippen LogP contribution in [0.4, 0.5) is 5.69 Å². The molecule has 4 fully saturated rings. The molecule has 4 saturated carbocycles. The highest BCUT2D eigenvalue weighted by Crippen LogP contribution is 2.57. The van der Waals surface area contributed by atoms with Crippen molar-refractivity contribution in [2.45, 2.75) is 55.3 Å². The Morgan fingerprint density at radius 3 is 2.44 bits per heavy atom. The standard InChI is InChI=1S/C23H26BrN3/c24-19-9-16-4-5-20(18-3-1-2-17(19)21(16)18)26-22(25)27-23-10-13-6-14(11-23)8-15(7-13)12-23/h1-5,13-15,19H,6-12H2,(H3,25,26,27). The highest BCUT2D eigenvalue weighted by Gasteiger charge is 2.51. The number of hydrogen-bond acceptors (Lipinski definition) is 1. The lowest BCUT2D eigenvalue weighted by atomic mass is 9.53. The van der Waals surface area contributed by atoms with Crippen LogP contribution in [0.2, 0.25) is 0 Å². The molecule has 2 aromatic carbocycles. The first-order chi connectivity index (χ1) is 13.1. The summed E-state index contributed by atoms with van der Waals surface area (Å²) in [5.41, 5.74) is 10.5. The number of halogens is 1. The second kappa shape index (κ2) is 5.73. The summed E-state index contributed by atoms with van der Waals surface area (Å²) in [7, 11) is 0. The summed E-state index contributed by atoms with van der Waals surface area (Å²) in [6.07, 6.45) is 9.11. The molecule has 27 heavy (non-hydrogen) atoms. The van der Waals surface area contributed by atoms with Gasteiger partial charge in [-0.15, -0.1) is 0 Å². The minimum Gasteiger partial charge on any atom is -0.370 e. The molecule has 0 amide bonds. The molecule has 3 nitrogen and oxygen atoms in total. The molecule has 140 valence electrons. The van der Waals surface area contributed by atoms with Crippen molar-refractivity contribution in [2.24, 2.45) is 28.5 Å². The molecule has 0 saturated heterocycles. The fraction of sp³-hybridized carbons (Fsp3) is 0.522. The van der Waals surface area contributed by atoms with Crippen molar-refractivity contribution in [3.05, 3.63) is 41.5 Å². The van der Waals surface area contributed by atoms with Gasteiger partial charge in [0.1, 0.15) is 0 Å². The first kappa shape index (κ1) is 16.4. The van der Waals surface area contributed by atoms with Crippen molar-refractivity contribution in [3.8, 4) is 0 Å². The van der Waals surface area contributed by atoms with Crippen LogP contribution < -0.4 is 11.1 Å². The Bertz CT molecular complexity index is 928. The van der Waals surface area contributed by atoms with E-state index in [2.05, 4.69) is 51.6 Å². The zero-order valence-electron chi connectivity index (χ0n) is 15.5. The zero-order valence-corrected chi connectivity index (χ0v) is 17.1. The molecule has 0 radical (unpaired) electrons. The molecule has 0 spiro atoms. The summed E-state index contributed by atoms with van der Waals surface area (Å²) >= 11 is 3.82. The largest absolute Gasteiger partial charge is 0.370 e. The van der Waals surface area contributed by atoms with Crippen LogP contribution in [-0.2, 0) is 6.42 Å². The average Bonchev–Trinajstić information content (AvgIpc) is 2.93. The van der Waals surface area contributed by atoms with Gasteiger partial charge in [0, 0.05) is 15.9 Å². The summed E-state index contributed by atoms with van der Waals surface area (Å²) in [5, 5.41) is 6.11. The fourth-order valence-electron chi connectivity index (χ4n) is 6.98. The third kappa shape index (κ3) is 2.55. The number of nitrogens with two attached hydrogens (primary N) is 1. The first-order valence-electron chi connectivity index (χ1n) is 10.4. The number of guanidine groups is 1. The van der Waals surface area contributed by atoms with E-state index in [4.69, 9.17) is 10.7 Å². The predicted molar refractivity (Wildman–Crippen MR) is 115 cm³/mol. The molecular formula is C23H26BrN3. The van der Waals surface area contributed by atoms with E-state index in [0.29, 0.717) is 10.8 Å². The van der Waals surface area contributed by atoms with Crippen LogP contribution in [0.25, 0.3) is 10.8 Å². The van der Waals surface area contributed by atoms with Gasteiger partial charge in [0.05, 0.1) is 5.54 Å². The Morgan fingerprint density at radius 2 is 1.74 bits per heavy atom. The number of benzene rings is 2. The van der Waals surface area contributed by atoms with E-state index < -0.39 is 0 Å². The molecule has 7 rings (SSSR count). The molecule has 2 aromatic rings. The molecule has 0 heterocycles. The number of aliphatic imine (C=N–C) groups is 1. The average molecular weight is 424 g/mol. The molecule has 4 bridgehead atoms. The van der Waals surface area contributed by atoms with Crippen molar-refractivity contribution in [2.75, 3.05) is 5.32 Å². The lowest BCUT2D eigenvalue weighted by Gasteiger charge is -2.54. The third-order valence-corrected chi connectivity index (χ3v) is 8.34. The van der Waals surface area contributed by atoms with Crippen molar-refractivity contribution in [1.82, 2.24) is 0 Å². The van der Waals surface area contributed by atoms with Gasteiger partial charge in [-0.25, -0.2) is 4.99 Å². The van der Waals surface area contributed by atoms with Gasteiger partial charge in [0.15, 0.2) is 5.96 Å². The molecule has 1 unspecified atom stereocenters. The Labute approximate surface area is 168 Å². The zero-order chi connectivity index (χ0) is 18.2. The molecule has 4 heteroatoms. The second-order valence-electron chi connectivity index (χ2n) is 9.48. The van der Waals surface area contributed by atoms with Crippen LogP contribution in [0, 0.1) is 17.8 Å². The Morgan fingerprint density at radius 1 is 1.04 bits per heavy atom. The van der Waals surface area contributed by atoms with E-state index in [0.717, 1.165) is 29.9 Å². The van der Waals surface area contributed by atoms with E-state index in [1.165, 1.54) is 60.4 Å². The van der Waals surface area contributed by atoms with E-state index in [1.807, 2.05) is 0 Å². The molecule has 3 N–H and O–H groups in total. The van der Waals surface area contributed by atoms with Gasteiger partial charge in [-0.2, -0.15) is 0 Å². The summed E-state index contributed by atoms with van der Waals surface area (Å²) in [4.78, 5) is 5.54. The molecule has 1 atom stereocenters. The van der Waals surface area contributed by atoms with Crippen LogP contribution in [0.15, 0.2) is 35.3 Å². The molecule has 5 aliphatic carbocycles. The van der Waals surface area contributed by atoms with Crippen molar-refractivity contribution in [1.29, 1.82) is 0 Å².